The number of fused-ring (bicyclic) bond motifs is 2. The van der Waals surface area contributed by atoms with Crippen LogP contribution >= 0.6 is 11.6 Å². The minimum Gasteiger partial charge on any atom is -0.497 e. The largest absolute Gasteiger partial charge is 0.497 e. The zero-order valence-electron chi connectivity index (χ0n) is 30.6. The maximum Gasteiger partial charge on any atom is 0.444 e. The number of aromatic nitrogens is 4. The van der Waals surface area contributed by atoms with Gasteiger partial charge in [-0.1, -0.05) is 18.2 Å². The molecule has 0 atom stereocenters. The van der Waals surface area contributed by atoms with Crippen molar-refractivity contribution in [2.45, 2.75) is 14.7 Å². The molecule has 0 spiro atoms. The lowest BCUT2D eigenvalue weighted by Gasteiger charge is -2.12. The number of anilines is 2. The molecule has 0 aliphatic carbocycles. The van der Waals surface area contributed by atoms with E-state index in [0.717, 1.165) is 24.3 Å². The predicted molar refractivity (Wildman–Crippen MR) is 215 cm³/mol. The van der Waals surface area contributed by atoms with Crippen molar-refractivity contribution in [1.29, 1.82) is 0 Å². The molecule has 0 unspecified atom stereocenters. The molecule has 0 fully saturated rings. The molecule has 0 bridgehead atoms. The first-order chi connectivity index (χ1) is 28.8. The number of carboxylic acid groups (broad SMARTS) is 1. The Balaban J connectivity index is 1.32. The van der Waals surface area contributed by atoms with Crippen LogP contribution in [-0.4, -0.2) is 72.0 Å². The number of benzene rings is 5. The average molecular weight is 907 g/mol. The first-order valence-corrected chi connectivity index (χ1v) is 21.5. The summed E-state index contributed by atoms with van der Waals surface area (Å²) in [6.45, 7) is 0. The first-order valence-electron chi connectivity index (χ1n) is 16.8. The summed E-state index contributed by atoms with van der Waals surface area (Å²) in [4.78, 5) is 22.1. The molecule has 61 heavy (non-hydrogen) atoms. The number of halogens is 1. The highest BCUT2D eigenvalue weighted by molar-refractivity contribution is 7.86. The molecule has 0 amide bonds. The molecule has 0 saturated heterocycles. The van der Waals surface area contributed by atoms with Gasteiger partial charge in [0, 0.05) is 27.6 Å². The Bertz CT molecular complexity index is 3360. The van der Waals surface area contributed by atoms with Gasteiger partial charge in [-0.05, 0) is 88.3 Å². The van der Waals surface area contributed by atoms with Crippen LogP contribution in [0.4, 0.5) is 34.4 Å². The van der Waals surface area contributed by atoms with E-state index >= 15 is 0 Å². The van der Waals surface area contributed by atoms with Crippen LogP contribution in [0.25, 0.3) is 27.5 Å². The summed E-state index contributed by atoms with van der Waals surface area (Å²) in [5.74, 6) is -1.26. The molecular formula is C36H25ClN9O12S3+. The SMILES string of the molecule is COc1ccc(N=Nc2ccc(N=Nc3ccc(Nc4nc(Cl)nc(-[n+]5ccc(C(=O)O)cc5)n4)c4c(S(=O)(=O)O)cccc34)c3cc(S(=O)(=O)O)ccc23)c(S(=O)(=O)O)c1. The Hall–Kier alpha value is -6.93. The van der Waals surface area contributed by atoms with Gasteiger partial charge in [0.2, 0.25) is 0 Å². The third kappa shape index (κ3) is 9.14. The van der Waals surface area contributed by atoms with E-state index in [0.29, 0.717) is 0 Å². The van der Waals surface area contributed by atoms with Gasteiger partial charge in [0.05, 0.1) is 52.7 Å². The van der Waals surface area contributed by atoms with Crippen LogP contribution in [-0.2, 0) is 30.4 Å². The van der Waals surface area contributed by atoms with Gasteiger partial charge in [0.15, 0.2) is 0 Å². The lowest BCUT2D eigenvalue weighted by Crippen LogP contribution is -2.33. The molecule has 5 aromatic carbocycles. The maximum atomic E-state index is 12.7. The number of rotatable bonds is 12. The normalized spacial score (nSPS) is 12.4. The Kier molecular flexibility index (Phi) is 11.2. The summed E-state index contributed by atoms with van der Waals surface area (Å²) < 4.78 is 110. The molecule has 0 radical (unpaired) electrons. The van der Waals surface area contributed by atoms with Gasteiger partial charge >= 0.3 is 23.1 Å². The van der Waals surface area contributed by atoms with Crippen molar-refractivity contribution < 1.29 is 58.1 Å². The van der Waals surface area contributed by atoms with E-state index in [1.807, 2.05) is 0 Å². The Labute approximate surface area is 349 Å². The van der Waals surface area contributed by atoms with Gasteiger partial charge in [0.25, 0.3) is 30.4 Å². The third-order valence-corrected chi connectivity index (χ3v) is 11.4. The number of hydrogen-bond acceptors (Lipinski definition) is 16. The van der Waals surface area contributed by atoms with Crippen molar-refractivity contribution in [3.05, 3.63) is 114 Å². The second kappa shape index (κ2) is 16.3. The van der Waals surface area contributed by atoms with Crippen LogP contribution in [0.1, 0.15) is 10.4 Å². The zero-order chi connectivity index (χ0) is 43.9. The maximum absolute atomic E-state index is 12.7. The van der Waals surface area contributed by atoms with Crippen molar-refractivity contribution in [3.8, 4) is 11.7 Å². The van der Waals surface area contributed by atoms with E-state index in [1.54, 1.807) is 0 Å². The van der Waals surface area contributed by atoms with Gasteiger partial charge in [0.1, 0.15) is 21.2 Å². The van der Waals surface area contributed by atoms with Crippen molar-refractivity contribution in [2.75, 3.05) is 12.4 Å². The van der Waals surface area contributed by atoms with Crippen LogP contribution in [0.2, 0.25) is 5.28 Å². The van der Waals surface area contributed by atoms with E-state index in [1.165, 1.54) is 90.8 Å². The summed E-state index contributed by atoms with van der Waals surface area (Å²) in [6, 6.07) is 19.3. The number of aromatic carboxylic acids is 1. The highest BCUT2D eigenvalue weighted by Crippen LogP contribution is 2.41. The third-order valence-electron chi connectivity index (χ3n) is 8.62. The van der Waals surface area contributed by atoms with Crippen molar-refractivity contribution in [1.82, 2.24) is 15.0 Å². The number of pyridine rings is 1. The van der Waals surface area contributed by atoms with Gasteiger partial charge in [-0.15, -0.1) is 20.5 Å². The van der Waals surface area contributed by atoms with E-state index in [2.05, 4.69) is 40.7 Å². The molecule has 2 aromatic heterocycles. The van der Waals surface area contributed by atoms with Gasteiger partial charge in [-0.2, -0.15) is 30.2 Å². The number of hydrogen-bond donors (Lipinski definition) is 5. The molecular weight excluding hydrogens is 882 g/mol. The Morgan fingerprint density at radius 2 is 1.28 bits per heavy atom. The predicted octanol–water partition coefficient (Wildman–Crippen LogP) is 7.13. The van der Waals surface area contributed by atoms with E-state index in [9.17, 15) is 48.8 Å². The number of nitrogens with one attached hydrogen (secondary N) is 1. The molecule has 2 heterocycles. The second-order valence-electron chi connectivity index (χ2n) is 12.4. The fourth-order valence-corrected chi connectivity index (χ4v) is 7.88. The van der Waals surface area contributed by atoms with Crippen LogP contribution in [0.15, 0.2) is 139 Å². The zero-order valence-corrected chi connectivity index (χ0v) is 33.8. The highest BCUT2D eigenvalue weighted by Gasteiger charge is 2.23. The smallest absolute Gasteiger partial charge is 0.444 e. The topological polar surface area (TPSA) is 314 Å². The quantitative estimate of drug-likeness (QED) is 0.0462. The molecule has 7 aromatic rings. The molecule has 25 heteroatoms. The summed E-state index contributed by atoms with van der Waals surface area (Å²) in [5, 5.41) is 28.9. The summed E-state index contributed by atoms with van der Waals surface area (Å²) in [6.07, 6.45) is 2.75. The molecule has 0 saturated carbocycles. The van der Waals surface area contributed by atoms with Crippen molar-refractivity contribution in [3.63, 3.8) is 0 Å². The van der Waals surface area contributed by atoms with Gasteiger partial charge < -0.3 is 15.2 Å². The fraction of sp³-hybridized carbons (Fsp3) is 0.0278. The number of ether oxygens (including phenoxy) is 1. The number of carbonyl (C=O) groups is 1. The Morgan fingerprint density at radius 3 is 1.90 bits per heavy atom. The molecule has 7 rings (SSSR count). The molecule has 5 N–H and O–H groups in total. The van der Waals surface area contributed by atoms with Crippen molar-refractivity contribution >= 4 is 104 Å². The fourth-order valence-electron chi connectivity index (χ4n) is 5.85. The molecule has 0 aliphatic rings. The van der Waals surface area contributed by atoms with Crippen molar-refractivity contribution in [2.24, 2.45) is 20.5 Å². The highest BCUT2D eigenvalue weighted by atomic mass is 35.5. The monoisotopic (exact) mass is 906 g/mol. The average Bonchev–Trinajstić information content (AvgIpc) is 3.21. The van der Waals surface area contributed by atoms with Crippen LogP contribution in [0, 0.1) is 0 Å². The molecule has 0 aliphatic heterocycles. The van der Waals surface area contributed by atoms with E-state index in [-0.39, 0.29) is 78.5 Å². The van der Waals surface area contributed by atoms with Crippen LogP contribution in [0.5, 0.6) is 5.75 Å². The second-order valence-corrected chi connectivity index (χ2v) is 17.0. The number of azo groups is 2. The van der Waals surface area contributed by atoms with Gasteiger partial charge in [-0.25, -0.2) is 9.36 Å². The van der Waals surface area contributed by atoms with Gasteiger partial charge in [-0.3, -0.25) is 13.7 Å². The Morgan fingerprint density at radius 1 is 0.672 bits per heavy atom. The number of nitrogens with zero attached hydrogens (tertiary/aromatic N) is 8. The summed E-state index contributed by atoms with van der Waals surface area (Å²) in [7, 11) is -13.1. The minimum absolute atomic E-state index is 0.00405. The van der Waals surface area contributed by atoms with E-state index < -0.39 is 51.0 Å². The van der Waals surface area contributed by atoms with Crippen LogP contribution in [0.3, 0.4) is 0 Å². The summed E-state index contributed by atoms with van der Waals surface area (Å²) in [5.41, 5.74) is -0.0678. The van der Waals surface area contributed by atoms with Crippen LogP contribution < -0.4 is 14.6 Å². The standard InChI is InChI=1S/C36H24ClN9O12S3/c1-58-20-5-8-28(31(17-20)61(55,56)57)45-42-25-9-10-27(24-18-21(59(49,50)51)6-7-22(24)25)44-43-26-11-12-29(32-23(26)3-2-4-30(32)60(52,53)54)38-35-39-34(37)40-36(41-35)46-15-13-19(14-16-46)33(47)48/h2-18H,1H3,(H4-,38,39,40,41,44,45,47,48,49,50,51,52,53,54,55,56,57)/p+1. The number of carboxylic acids is 1. The van der Waals surface area contributed by atoms with E-state index in [4.69, 9.17) is 16.3 Å². The lowest BCUT2D eigenvalue weighted by atomic mass is 10.1. The molecule has 310 valence electrons. The lowest BCUT2D eigenvalue weighted by molar-refractivity contribution is -0.603. The number of methoxy groups -OCH3 is 1. The molecule has 21 nitrogen and oxygen atoms in total. The summed E-state index contributed by atoms with van der Waals surface area (Å²) >= 11 is 6.19. The minimum atomic E-state index is -4.89. The first kappa shape index (κ1) is 42.2.